The van der Waals surface area contributed by atoms with Gasteiger partial charge in [0.05, 0.1) is 0 Å². The molecule has 2 bridgehead atoms. The maximum absolute atomic E-state index is 12.4. The van der Waals surface area contributed by atoms with Crippen molar-refractivity contribution < 1.29 is 19.1 Å². The summed E-state index contributed by atoms with van der Waals surface area (Å²) >= 11 is 0. The zero-order valence-electron chi connectivity index (χ0n) is 13.4. The summed E-state index contributed by atoms with van der Waals surface area (Å²) < 4.78 is 10.4. The summed E-state index contributed by atoms with van der Waals surface area (Å²) in [5.74, 6) is 0.173. The van der Waals surface area contributed by atoms with Crippen LogP contribution in [0.2, 0.25) is 0 Å². The molecule has 1 aromatic rings. The van der Waals surface area contributed by atoms with Gasteiger partial charge in [-0.3, -0.25) is 4.79 Å². The van der Waals surface area contributed by atoms with Gasteiger partial charge in [0.15, 0.2) is 5.78 Å². The zero-order valence-corrected chi connectivity index (χ0v) is 13.4. The van der Waals surface area contributed by atoms with E-state index in [-0.39, 0.29) is 36.5 Å². The van der Waals surface area contributed by atoms with Gasteiger partial charge in [-0.1, -0.05) is 30.3 Å². The van der Waals surface area contributed by atoms with E-state index < -0.39 is 0 Å². The van der Waals surface area contributed by atoms with Gasteiger partial charge in [-0.15, -0.1) is 0 Å². The Morgan fingerprint density at radius 1 is 1.13 bits per heavy atom. The minimum atomic E-state index is -0.251. The minimum Gasteiger partial charge on any atom is -0.445 e. The van der Waals surface area contributed by atoms with Crippen LogP contribution in [0.5, 0.6) is 0 Å². The topological polar surface area (TPSA) is 55.8 Å². The second kappa shape index (κ2) is 7.13. The highest BCUT2D eigenvalue weighted by molar-refractivity contribution is 5.83. The Bertz CT molecular complexity index is 545. The molecule has 2 aliphatic rings. The fourth-order valence-corrected chi connectivity index (χ4v) is 3.79. The monoisotopic (exact) mass is 317 g/mol. The van der Waals surface area contributed by atoms with E-state index in [2.05, 4.69) is 0 Å². The Labute approximate surface area is 136 Å². The van der Waals surface area contributed by atoms with Crippen LogP contribution in [-0.2, 0) is 20.9 Å². The van der Waals surface area contributed by atoms with E-state index in [1.165, 1.54) is 0 Å². The molecule has 2 unspecified atom stereocenters. The van der Waals surface area contributed by atoms with Crippen molar-refractivity contribution in [3.05, 3.63) is 35.9 Å². The first-order chi connectivity index (χ1) is 11.2. The summed E-state index contributed by atoms with van der Waals surface area (Å²) in [6, 6.07) is 9.94. The smallest absolute Gasteiger partial charge is 0.410 e. The molecule has 0 N–H and O–H groups in total. The van der Waals surface area contributed by atoms with Gasteiger partial charge in [0.1, 0.15) is 13.2 Å². The number of ketones is 1. The van der Waals surface area contributed by atoms with Gasteiger partial charge in [-0.25, -0.2) is 4.79 Å². The Kier molecular flexibility index (Phi) is 4.96. The number of carbonyl (C=O) groups excluding carboxylic acids is 2. The number of methoxy groups -OCH3 is 1. The van der Waals surface area contributed by atoms with Crippen molar-refractivity contribution in [3.8, 4) is 0 Å². The molecule has 2 aliphatic heterocycles. The molecule has 0 radical (unpaired) electrons. The molecule has 124 valence electrons. The number of rotatable bonds is 5. The lowest BCUT2D eigenvalue weighted by Crippen LogP contribution is -2.48. The molecule has 2 heterocycles. The molecule has 23 heavy (non-hydrogen) atoms. The maximum Gasteiger partial charge on any atom is 0.410 e. The summed E-state index contributed by atoms with van der Waals surface area (Å²) in [5, 5.41) is 0. The number of Topliss-reactive ketones (excluding diaryl/α,β-unsaturated/α-hetero) is 1. The van der Waals surface area contributed by atoms with Crippen molar-refractivity contribution in [2.75, 3.05) is 13.7 Å². The number of hydrogen-bond acceptors (Lipinski definition) is 4. The molecule has 2 atom stereocenters. The Hall–Kier alpha value is -1.88. The van der Waals surface area contributed by atoms with Crippen molar-refractivity contribution in [1.29, 1.82) is 0 Å². The number of fused-ring (bicyclic) bond motifs is 2. The zero-order chi connectivity index (χ0) is 16.2. The van der Waals surface area contributed by atoms with E-state index in [0.717, 1.165) is 31.2 Å². The number of piperidine rings is 1. The fraction of sp³-hybridized carbons (Fsp3) is 0.556. The first-order valence-electron chi connectivity index (χ1n) is 8.19. The van der Waals surface area contributed by atoms with E-state index in [1.54, 1.807) is 7.11 Å². The van der Waals surface area contributed by atoms with Crippen LogP contribution in [0.25, 0.3) is 0 Å². The maximum atomic E-state index is 12.4. The van der Waals surface area contributed by atoms with Crippen molar-refractivity contribution in [2.45, 2.75) is 44.4 Å². The van der Waals surface area contributed by atoms with Crippen LogP contribution >= 0.6 is 0 Å². The lowest BCUT2D eigenvalue weighted by Gasteiger charge is -2.37. The molecule has 0 aromatic heterocycles. The van der Waals surface area contributed by atoms with Gasteiger partial charge in [0, 0.05) is 25.1 Å². The highest BCUT2D eigenvalue weighted by Gasteiger charge is 2.45. The third kappa shape index (κ3) is 3.55. The van der Waals surface area contributed by atoms with Crippen LogP contribution < -0.4 is 0 Å². The van der Waals surface area contributed by atoms with Crippen molar-refractivity contribution >= 4 is 11.9 Å². The highest BCUT2D eigenvalue weighted by Crippen LogP contribution is 2.39. The van der Waals surface area contributed by atoms with Crippen molar-refractivity contribution in [3.63, 3.8) is 0 Å². The molecule has 5 nitrogen and oxygen atoms in total. The molecule has 0 spiro atoms. The van der Waals surface area contributed by atoms with Gasteiger partial charge in [0.2, 0.25) is 0 Å². The Balaban J connectivity index is 1.57. The average Bonchev–Trinajstić information content (AvgIpc) is 2.83. The first-order valence-corrected chi connectivity index (χ1v) is 8.19. The normalized spacial score (nSPS) is 26.1. The average molecular weight is 317 g/mol. The van der Waals surface area contributed by atoms with Crippen LogP contribution in [0.15, 0.2) is 30.3 Å². The number of nitrogens with zero attached hydrogens (tertiary/aromatic N) is 1. The molecule has 3 rings (SSSR count). The molecular weight excluding hydrogens is 294 g/mol. The quantitative estimate of drug-likeness (QED) is 0.838. The predicted molar refractivity (Wildman–Crippen MR) is 84.9 cm³/mol. The summed E-state index contributed by atoms with van der Waals surface area (Å²) in [5.41, 5.74) is 0.985. The highest BCUT2D eigenvalue weighted by atomic mass is 16.6. The fourth-order valence-electron chi connectivity index (χ4n) is 3.79. The Morgan fingerprint density at radius 3 is 2.39 bits per heavy atom. The third-order valence-corrected chi connectivity index (χ3v) is 4.89. The second-order valence-electron chi connectivity index (χ2n) is 6.40. The largest absolute Gasteiger partial charge is 0.445 e. The van der Waals surface area contributed by atoms with Crippen LogP contribution in [-0.4, -0.2) is 42.6 Å². The van der Waals surface area contributed by atoms with E-state index in [0.29, 0.717) is 6.61 Å². The third-order valence-electron chi connectivity index (χ3n) is 4.89. The van der Waals surface area contributed by atoms with Gasteiger partial charge in [-0.05, 0) is 31.2 Å². The van der Waals surface area contributed by atoms with Crippen LogP contribution in [0.1, 0.15) is 31.2 Å². The molecule has 1 aromatic carbocycles. The predicted octanol–water partition coefficient (Wildman–Crippen LogP) is 2.78. The molecule has 0 aliphatic carbocycles. The second-order valence-corrected chi connectivity index (χ2v) is 6.40. The van der Waals surface area contributed by atoms with E-state index in [4.69, 9.17) is 9.47 Å². The summed E-state index contributed by atoms with van der Waals surface area (Å²) in [6.07, 6.45) is 3.14. The number of hydrogen-bond donors (Lipinski definition) is 0. The lowest BCUT2D eigenvalue weighted by atomic mass is 9.88. The lowest BCUT2D eigenvalue weighted by molar-refractivity contribution is -0.128. The summed E-state index contributed by atoms with van der Waals surface area (Å²) in [4.78, 5) is 26.3. The molecule has 2 fully saturated rings. The molecule has 2 saturated heterocycles. The van der Waals surface area contributed by atoms with E-state index >= 15 is 0 Å². The SMILES string of the molecule is COCC(=O)C1CC2CCC(C1)N2C(=O)OCc1ccccc1. The molecule has 0 saturated carbocycles. The number of amides is 1. The molecule has 5 heteroatoms. The number of ether oxygens (including phenoxy) is 2. The molecule has 1 amide bonds. The summed E-state index contributed by atoms with van der Waals surface area (Å²) in [6.45, 7) is 0.463. The van der Waals surface area contributed by atoms with Gasteiger partial charge in [-0.2, -0.15) is 0 Å². The van der Waals surface area contributed by atoms with Crippen molar-refractivity contribution in [1.82, 2.24) is 4.90 Å². The Morgan fingerprint density at radius 2 is 1.78 bits per heavy atom. The van der Waals surface area contributed by atoms with Gasteiger partial charge < -0.3 is 14.4 Å². The van der Waals surface area contributed by atoms with Gasteiger partial charge in [0.25, 0.3) is 0 Å². The van der Waals surface area contributed by atoms with Crippen LogP contribution in [0.4, 0.5) is 4.79 Å². The van der Waals surface area contributed by atoms with E-state index in [1.807, 2.05) is 35.2 Å². The molecular formula is C18H23NO4. The van der Waals surface area contributed by atoms with Crippen LogP contribution in [0.3, 0.4) is 0 Å². The number of benzene rings is 1. The van der Waals surface area contributed by atoms with Gasteiger partial charge >= 0.3 is 6.09 Å². The first kappa shape index (κ1) is 16.0. The number of carbonyl (C=O) groups is 2. The standard InChI is InChI=1S/C18H23NO4/c1-22-12-17(20)14-9-15-7-8-16(10-14)19(15)18(21)23-11-13-5-3-2-4-6-13/h2-6,14-16H,7-12H2,1H3. The van der Waals surface area contributed by atoms with Crippen molar-refractivity contribution in [2.24, 2.45) is 5.92 Å². The minimum absolute atomic E-state index is 0.0191. The van der Waals surface area contributed by atoms with Crippen LogP contribution in [0, 0.1) is 5.92 Å². The van der Waals surface area contributed by atoms with E-state index in [9.17, 15) is 9.59 Å². The summed E-state index contributed by atoms with van der Waals surface area (Å²) in [7, 11) is 1.54.